The summed E-state index contributed by atoms with van der Waals surface area (Å²) in [7, 11) is 0. The Morgan fingerprint density at radius 3 is 2.69 bits per heavy atom. The first-order chi connectivity index (χ1) is 7.75. The number of aromatic nitrogens is 1. The van der Waals surface area contributed by atoms with Gasteiger partial charge in [-0.3, -0.25) is 4.98 Å². The molecule has 1 aromatic carbocycles. The van der Waals surface area contributed by atoms with Gasteiger partial charge in [-0.25, -0.2) is 0 Å². The second-order valence-electron chi connectivity index (χ2n) is 3.42. The van der Waals surface area contributed by atoms with Gasteiger partial charge in [-0.2, -0.15) is 0 Å². The van der Waals surface area contributed by atoms with Gasteiger partial charge in [0.05, 0.1) is 34.8 Å². The number of nitrogen functional groups attached to an aromatic ring is 1. The number of nitrogens with two attached hydrogens (primary N) is 1. The Bertz CT molecular complexity index is 468. The molecule has 0 saturated heterocycles. The average Bonchev–Trinajstić information content (AvgIpc) is 2.30. The second kappa shape index (κ2) is 4.86. The van der Waals surface area contributed by atoms with Crippen LogP contribution in [-0.2, 0) is 6.54 Å². The zero-order valence-corrected chi connectivity index (χ0v) is 9.41. The molecule has 0 spiro atoms. The van der Waals surface area contributed by atoms with Crippen molar-refractivity contribution < 1.29 is 0 Å². The van der Waals surface area contributed by atoms with Crippen LogP contribution < -0.4 is 11.1 Å². The van der Waals surface area contributed by atoms with Crippen LogP contribution >= 0.6 is 11.6 Å². The first kappa shape index (κ1) is 10.8. The van der Waals surface area contributed by atoms with E-state index in [4.69, 9.17) is 17.3 Å². The molecule has 2 aromatic rings. The number of pyridine rings is 1. The lowest BCUT2D eigenvalue weighted by Gasteiger charge is -2.07. The summed E-state index contributed by atoms with van der Waals surface area (Å²) in [5.74, 6) is 0. The van der Waals surface area contributed by atoms with Gasteiger partial charge in [0, 0.05) is 0 Å². The van der Waals surface area contributed by atoms with E-state index in [0.717, 1.165) is 11.4 Å². The first-order valence-corrected chi connectivity index (χ1v) is 5.32. The summed E-state index contributed by atoms with van der Waals surface area (Å²) in [6.07, 6.45) is 1.64. The van der Waals surface area contributed by atoms with Gasteiger partial charge < -0.3 is 11.1 Å². The molecule has 0 bridgehead atoms. The third-order valence-corrected chi connectivity index (χ3v) is 2.51. The highest BCUT2D eigenvalue weighted by Crippen LogP contribution is 2.20. The molecule has 0 aliphatic rings. The molecule has 3 N–H and O–H groups in total. The topological polar surface area (TPSA) is 50.9 Å². The van der Waals surface area contributed by atoms with E-state index in [1.165, 1.54) is 0 Å². The molecule has 4 heteroatoms. The first-order valence-electron chi connectivity index (χ1n) is 4.94. The van der Waals surface area contributed by atoms with Gasteiger partial charge >= 0.3 is 0 Å². The monoisotopic (exact) mass is 233 g/mol. The van der Waals surface area contributed by atoms with Gasteiger partial charge in [-0.15, -0.1) is 0 Å². The maximum Gasteiger partial charge on any atom is 0.0637 e. The highest BCUT2D eigenvalue weighted by molar-refractivity contribution is 6.33. The molecule has 16 heavy (non-hydrogen) atoms. The van der Waals surface area contributed by atoms with Crippen LogP contribution in [0.15, 0.2) is 42.6 Å². The fourth-order valence-corrected chi connectivity index (χ4v) is 1.53. The molecule has 0 amide bonds. The molecule has 1 heterocycles. The third kappa shape index (κ3) is 2.64. The highest BCUT2D eigenvalue weighted by Gasteiger charge is 1.98. The standard InChI is InChI=1S/C12H12ClN3/c13-11-3-1-2-4-12(11)16-8-10-6-5-9(14)7-15-10/h1-7,16H,8,14H2. The van der Waals surface area contributed by atoms with Crippen molar-refractivity contribution in [3.8, 4) is 0 Å². The SMILES string of the molecule is Nc1ccc(CNc2ccccc2Cl)nc1. The number of benzene rings is 1. The van der Waals surface area contributed by atoms with Crippen LogP contribution in [0, 0.1) is 0 Å². The number of nitrogens with zero attached hydrogens (tertiary/aromatic N) is 1. The van der Waals surface area contributed by atoms with Crippen LogP contribution in [0.25, 0.3) is 0 Å². The Labute approximate surface area is 99.3 Å². The molecular formula is C12H12ClN3. The lowest BCUT2D eigenvalue weighted by Crippen LogP contribution is -2.02. The van der Waals surface area contributed by atoms with Crippen molar-refractivity contribution in [1.82, 2.24) is 4.98 Å². The summed E-state index contributed by atoms with van der Waals surface area (Å²) in [4.78, 5) is 4.19. The maximum absolute atomic E-state index is 6.01. The molecule has 0 aliphatic heterocycles. The summed E-state index contributed by atoms with van der Waals surface area (Å²) in [6.45, 7) is 0.629. The summed E-state index contributed by atoms with van der Waals surface area (Å²) in [5.41, 5.74) is 8.05. The number of nitrogens with one attached hydrogen (secondary N) is 1. The van der Waals surface area contributed by atoms with E-state index in [-0.39, 0.29) is 0 Å². The minimum atomic E-state index is 0.629. The van der Waals surface area contributed by atoms with Crippen molar-refractivity contribution in [1.29, 1.82) is 0 Å². The summed E-state index contributed by atoms with van der Waals surface area (Å²) >= 11 is 6.01. The van der Waals surface area contributed by atoms with Gasteiger partial charge in [-0.1, -0.05) is 23.7 Å². The zero-order chi connectivity index (χ0) is 11.4. The quantitative estimate of drug-likeness (QED) is 0.857. The molecule has 0 radical (unpaired) electrons. The summed E-state index contributed by atoms with van der Waals surface area (Å²) in [6, 6.07) is 11.3. The minimum Gasteiger partial charge on any atom is -0.397 e. The van der Waals surface area contributed by atoms with Crippen LogP contribution in [0.5, 0.6) is 0 Å². The number of halogens is 1. The van der Waals surface area contributed by atoms with Crippen molar-refractivity contribution in [2.45, 2.75) is 6.54 Å². The maximum atomic E-state index is 6.01. The Hall–Kier alpha value is -1.74. The van der Waals surface area contributed by atoms with Crippen molar-refractivity contribution in [3.05, 3.63) is 53.3 Å². The van der Waals surface area contributed by atoms with Gasteiger partial charge in [0.2, 0.25) is 0 Å². The van der Waals surface area contributed by atoms with E-state index >= 15 is 0 Å². The molecule has 0 unspecified atom stereocenters. The molecule has 0 atom stereocenters. The lowest BCUT2D eigenvalue weighted by molar-refractivity contribution is 1.05. The van der Waals surface area contributed by atoms with Gasteiger partial charge in [0.1, 0.15) is 0 Å². The van der Waals surface area contributed by atoms with E-state index < -0.39 is 0 Å². The molecule has 1 aromatic heterocycles. The van der Waals surface area contributed by atoms with E-state index in [0.29, 0.717) is 17.3 Å². The Balaban J connectivity index is 2.02. The fourth-order valence-electron chi connectivity index (χ4n) is 1.33. The predicted molar refractivity (Wildman–Crippen MR) is 67.4 cm³/mol. The largest absolute Gasteiger partial charge is 0.397 e. The molecule has 0 saturated carbocycles. The lowest BCUT2D eigenvalue weighted by atomic mass is 10.3. The number of hydrogen-bond donors (Lipinski definition) is 2. The van der Waals surface area contributed by atoms with Gasteiger partial charge in [0.15, 0.2) is 0 Å². The Morgan fingerprint density at radius 2 is 2.00 bits per heavy atom. The van der Waals surface area contributed by atoms with Crippen LogP contribution in [0.3, 0.4) is 0 Å². The molecule has 2 rings (SSSR count). The second-order valence-corrected chi connectivity index (χ2v) is 3.82. The molecular weight excluding hydrogens is 222 g/mol. The predicted octanol–water partition coefficient (Wildman–Crippen LogP) is 2.93. The Kier molecular flexibility index (Phi) is 3.27. The number of para-hydroxylation sites is 1. The number of rotatable bonds is 3. The van der Waals surface area contributed by atoms with Crippen molar-refractivity contribution in [2.24, 2.45) is 0 Å². The van der Waals surface area contributed by atoms with E-state index in [2.05, 4.69) is 10.3 Å². The zero-order valence-electron chi connectivity index (χ0n) is 8.65. The van der Waals surface area contributed by atoms with E-state index in [1.807, 2.05) is 36.4 Å². The Morgan fingerprint density at radius 1 is 1.19 bits per heavy atom. The van der Waals surface area contributed by atoms with E-state index in [1.54, 1.807) is 6.20 Å². The molecule has 0 fully saturated rings. The molecule has 3 nitrogen and oxygen atoms in total. The van der Waals surface area contributed by atoms with Crippen LogP contribution in [0.4, 0.5) is 11.4 Å². The smallest absolute Gasteiger partial charge is 0.0637 e. The third-order valence-electron chi connectivity index (χ3n) is 2.18. The van der Waals surface area contributed by atoms with Gasteiger partial charge in [0.25, 0.3) is 0 Å². The highest BCUT2D eigenvalue weighted by atomic mass is 35.5. The van der Waals surface area contributed by atoms with Gasteiger partial charge in [-0.05, 0) is 24.3 Å². The molecule has 82 valence electrons. The van der Waals surface area contributed by atoms with Crippen LogP contribution in [0.2, 0.25) is 5.02 Å². The number of anilines is 2. The summed E-state index contributed by atoms with van der Waals surface area (Å²) < 4.78 is 0. The minimum absolute atomic E-state index is 0.629. The fraction of sp³-hybridized carbons (Fsp3) is 0.0833. The normalized spacial score (nSPS) is 10.1. The number of hydrogen-bond acceptors (Lipinski definition) is 3. The molecule has 0 aliphatic carbocycles. The van der Waals surface area contributed by atoms with Crippen LogP contribution in [0.1, 0.15) is 5.69 Å². The van der Waals surface area contributed by atoms with Crippen molar-refractivity contribution >= 4 is 23.0 Å². The van der Waals surface area contributed by atoms with Crippen molar-refractivity contribution in [3.63, 3.8) is 0 Å². The van der Waals surface area contributed by atoms with E-state index in [9.17, 15) is 0 Å². The van der Waals surface area contributed by atoms with Crippen molar-refractivity contribution in [2.75, 3.05) is 11.1 Å². The average molecular weight is 234 g/mol. The van der Waals surface area contributed by atoms with Crippen LogP contribution in [-0.4, -0.2) is 4.98 Å². The summed E-state index contributed by atoms with van der Waals surface area (Å²) in [5, 5.41) is 3.92.